The van der Waals surface area contributed by atoms with Crippen molar-refractivity contribution in [2.24, 2.45) is 5.92 Å². The lowest BCUT2D eigenvalue weighted by atomic mass is 9.84. The summed E-state index contributed by atoms with van der Waals surface area (Å²) in [6.07, 6.45) is 9.36. The van der Waals surface area contributed by atoms with Crippen molar-refractivity contribution in [2.45, 2.75) is 31.8 Å². The molecule has 4 rings (SSSR count). The molecule has 1 amide bonds. The number of carbonyl (C=O) groups excluding carboxylic acids is 1. The van der Waals surface area contributed by atoms with Gasteiger partial charge >= 0.3 is 0 Å². The first-order valence-corrected chi connectivity index (χ1v) is 11.4. The smallest absolute Gasteiger partial charge is 0.274 e. The largest absolute Gasteiger partial charge is 0.497 e. The highest BCUT2D eigenvalue weighted by molar-refractivity contribution is 5.92. The Kier molecular flexibility index (Phi) is 7.62. The van der Waals surface area contributed by atoms with Crippen LogP contribution in [0.15, 0.2) is 67.3 Å². The van der Waals surface area contributed by atoms with Gasteiger partial charge in [0.25, 0.3) is 5.91 Å². The maximum absolute atomic E-state index is 12.8. The van der Waals surface area contributed by atoms with Crippen molar-refractivity contribution in [3.8, 4) is 5.75 Å². The van der Waals surface area contributed by atoms with E-state index in [0.717, 1.165) is 50.3 Å². The Labute approximate surface area is 195 Å². The molecule has 2 aromatic heterocycles. The third-order valence-electron chi connectivity index (χ3n) is 6.44. The Hall–Kier alpha value is -3.32. The van der Waals surface area contributed by atoms with E-state index in [1.807, 2.05) is 35.4 Å². The third kappa shape index (κ3) is 5.93. The molecule has 0 radical (unpaired) electrons. The number of piperidine rings is 1. The Morgan fingerprint density at radius 3 is 2.67 bits per heavy atom. The summed E-state index contributed by atoms with van der Waals surface area (Å²) < 4.78 is 5.44. The van der Waals surface area contributed by atoms with E-state index in [1.54, 1.807) is 25.7 Å². The molecular formula is C26H31N5O2. The number of hydrogen-bond acceptors (Lipinski definition) is 6. The van der Waals surface area contributed by atoms with E-state index in [1.165, 1.54) is 5.56 Å². The minimum atomic E-state index is -0.0345. The van der Waals surface area contributed by atoms with Gasteiger partial charge in [-0.3, -0.25) is 19.7 Å². The fraction of sp³-hybridized carbons (Fsp3) is 0.385. The van der Waals surface area contributed by atoms with Gasteiger partial charge in [-0.15, -0.1) is 0 Å². The number of pyridine rings is 1. The van der Waals surface area contributed by atoms with E-state index in [2.05, 4.69) is 45.1 Å². The first-order chi connectivity index (χ1) is 16.1. The highest BCUT2D eigenvalue weighted by atomic mass is 16.5. The number of aromatic nitrogens is 3. The molecule has 172 valence electrons. The number of amides is 1. The van der Waals surface area contributed by atoms with Gasteiger partial charge in [0.15, 0.2) is 0 Å². The molecule has 1 fully saturated rings. The fourth-order valence-electron chi connectivity index (χ4n) is 4.65. The van der Waals surface area contributed by atoms with Crippen LogP contribution in [0.3, 0.4) is 0 Å². The molecule has 0 spiro atoms. The van der Waals surface area contributed by atoms with Crippen LogP contribution in [-0.4, -0.2) is 63.9 Å². The lowest BCUT2D eigenvalue weighted by Crippen LogP contribution is -2.46. The summed E-state index contributed by atoms with van der Waals surface area (Å²) >= 11 is 0. The van der Waals surface area contributed by atoms with Gasteiger partial charge in [0.2, 0.25) is 0 Å². The molecule has 7 heteroatoms. The monoisotopic (exact) mass is 445 g/mol. The highest BCUT2D eigenvalue weighted by Gasteiger charge is 2.31. The quantitative estimate of drug-likeness (QED) is 0.529. The first-order valence-electron chi connectivity index (χ1n) is 11.4. The van der Waals surface area contributed by atoms with Gasteiger partial charge in [0.1, 0.15) is 11.4 Å². The predicted molar refractivity (Wildman–Crippen MR) is 127 cm³/mol. The van der Waals surface area contributed by atoms with E-state index in [0.29, 0.717) is 17.7 Å². The SMILES string of the molecule is COc1cccc(CC(C2CCN(C(=O)c3cnccn3)CC2)N(C)Cc2ccccn2)c1. The maximum Gasteiger partial charge on any atom is 0.274 e. The second kappa shape index (κ2) is 11.0. The van der Waals surface area contributed by atoms with Gasteiger partial charge in [-0.1, -0.05) is 18.2 Å². The van der Waals surface area contributed by atoms with Crippen molar-refractivity contribution in [3.63, 3.8) is 0 Å². The average Bonchev–Trinajstić information content (AvgIpc) is 2.88. The second-order valence-electron chi connectivity index (χ2n) is 8.58. The van der Waals surface area contributed by atoms with Crippen molar-refractivity contribution < 1.29 is 9.53 Å². The number of methoxy groups -OCH3 is 1. The van der Waals surface area contributed by atoms with Crippen LogP contribution in [0.25, 0.3) is 0 Å². The zero-order valence-electron chi connectivity index (χ0n) is 19.3. The number of benzene rings is 1. The van der Waals surface area contributed by atoms with Crippen molar-refractivity contribution in [3.05, 3.63) is 84.2 Å². The molecule has 1 saturated heterocycles. The van der Waals surface area contributed by atoms with Crippen molar-refractivity contribution in [1.82, 2.24) is 24.8 Å². The van der Waals surface area contributed by atoms with E-state index in [4.69, 9.17) is 4.74 Å². The Morgan fingerprint density at radius 1 is 1.12 bits per heavy atom. The number of likely N-dealkylation sites (tertiary alicyclic amines) is 1. The molecule has 3 aromatic rings. The molecule has 3 heterocycles. The molecule has 33 heavy (non-hydrogen) atoms. The summed E-state index contributed by atoms with van der Waals surface area (Å²) in [7, 11) is 3.88. The zero-order chi connectivity index (χ0) is 23.0. The van der Waals surface area contributed by atoms with Crippen LogP contribution >= 0.6 is 0 Å². The first kappa shape index (κ1) is 22.9. The Morgan fingerprint density at radius 2 is 1.97 bits per heavy atom. The standard InChI is InChI=1S/C26H31N5O2/c1-30(19-22-7-3-4-11-28-22)25(17-20-6-5-8-23(16-20)33-2)21-9-14-31(15-10-21)26(32)24-18-27-12-13-29-24/h3-8,11-13,16,18,21,25H,9-10,14-15,17,19H2,1-2H3. The van der Waals surface area contributed by atoms with Gasteiger partial charge in [-0.2, -0.15) is 0 Å². The summed E-state index contributed by atoms with van der Waals surface area (Å²) in [5, 5.41) is 0. The van der Waals surface area contributed by atoms with E-state index >= 15 is 0 Å². The molecule has 1 atom stereocenters. The number of likely N-dealkylation sites (N-methyl/N-ethyl adjacent to an activating group) is 1. The number of ether oxygens (including phenoxy) is 1. The van der Waals surface area contributed by atoms with Gasteiger partial charge < -0.3 is 9.64 Å². The predicted octanol–water partition coefficient (Wildman–Crippen LogP) is 3.48. The van der Waals surface area contributed by atoms with E-state index < -0.39 is 0 Å². The van der Waals surface area contributed by atoms with Gasteiger partial charge in [0.05, 0.1) is 19.0 Å². The minimum Gasteiger partial charge on any atom is -0.497 e. The molecule has 1 aromatic carbocycles. The van der Waals surface area contributed by atoms with Crippen LogP contribution in [-0.2, 0) is 13.0 Å². The van der Waals surface area contributed by atoms with E-state index in [9.17, 15) is 4.79 Å². The lowest BCUT2D eigenvalue weighted by molar-refractivity contribution is 0.0596. The van der Waals surface area contributed by atoms with Gasteiger partial charge in [0, 0.05) is 44.3 Å². The summed E-state index contributed by atoms with van der Waals surface area (Å²) in [5.74, 6) is 1.31. The third-order valence-corrected chi connectivity index (χ3v) is 6.44. The normalized spacial score (nSPS) is 15.4. The van der Waals surface area contributed by atoms with Crippen LogP contribution in [0, 0.1) is 5.92 Å². The number of hydrogen-bond donors (Lipinski definition) is 0. The minimum absolute atomic E-state index is 0.0345. The molecule has 1 unspecified atom stereocenters. The van der Waals surface area contributed by atoms with Crippen molar-refractivity contribution >= 4 is 5.91 Å². The maximum atomic E-state index is 12.8. The van der Waals surface area contributed by atoms with Crippen LogP contribution in [0.5, 0.6) is 5.75 Å². The fourth-order valence-corrected chi connectivity index (χ4v) is 4.65. The van der Waals surface area contributed by atoms with Crippen LogP contribution in [0.1, 0.15) is 34.6 Å². The number of carbonyl (C=O) groups is 1. The van der Waals surface area contributed by atoms with Crippen LogP contribution in [0.4, 0.5) is 0 Å². The number of rotatable bonds is 8. The molecule has 0 N–H and O–H groups in total. The summed E-state index contributed by atoms with van der Waals surface area (Å²) in [6, 6.07) is 14.7. The highest BCUT2D eigenvalue weighted by Crippen LogP contribution is 2.28. The zero-order valence-corrected chi connectivity index (χ0v) is 19.3. The average molecular weight is 446 g/mol. The lowest BCUT2D eigenvalue weighted by Gasteiger charge is -2.40. The molecular weight excluding hydrogens is 414 g/mol. The molecule has 1 aliphatic rings. The Bertz CT molecular complexity index is 1020. The number of nitrogens with zero attached hydrogens (tertiary/aromatic N) is 5. The molecule has 1 aliphatic heterocycles. The summed E-state index contributed by atoms with van der Waals surface area (Å²) in [6.45, 7) is 2.24. The van der Waals surface area contributed by atoms with E-state index in [-0.39, 0.29) is 5.91 Å². The summed E-state index contributed by atoms with van der Waals surface area (Å²) in [5.41, 5.74) is 2.73. The Balaban J connectivity index is 1.47. The molecule has 7 nitrogen and oxygen atoms in total. The second-order valence-corrected chi connectivity index (χ2v) is 8.58. The molecule has 0 bridgehead atoms. The molecule has 0 saturated carbocycles. The topological polar surface area (TPSA) is 71.5 Å². The van der Waals surface area contributed by atoms with Crippen LogP contribution in [0.2, 0.25) is 0 Å². The van der Waals surface area contributed by atoms with Crippen molar-refractivity contribution in [2.75, 3.05) is 27.2 Å². The van der Waals surface area contributed by atoms with Gasteiger partial charge in [-0.25, -0.2) is 4.98 Å². The molecule has 0 aliphatic carbocycles. The summed E-state index contributed by atoms with van der Waals surface area (Å²) in [4.78, 5) is 29.8. The van der Waals surface area contributed by atoms with Crippen LogP contribution < -0.4 is 4.74 Å². The van der Waals surface area contributed by atoms with Crippen molar-refractivity contribution in [1.29, 1.82) is 0 Å². The van der Waals surface area contributed by atoms with Gasteiger partial charge in [-0.05, 0) is 62.1 Å².